The first-order chi connectivity index (χ1) is 8.83. The molecule has 0 saturated heterocycles. The monoisotopic (exact) mass is 242 g/mol. The van der Waals surface area contributed by atoms with Gasteiger partial charge in [-0.1, -0.05) is 18.2 Å². The highest BCUT2D eigenvalue weighted by Gasteiger charge is 2.28. The number of anilines is 1. The van der Waals surface area contributed by atoms with Crippen molar-refractivity contribution in [2.75, 3.05) is 18.8 Å². The van der Waals surface area contributed by atoms with E-state index in [0.717, 1.165) is 11.7 Å². The summed E-state index contributed by atoms with van der Waals surface area (Å²) in [6.07, 6.45) is 8.96. The number of allylic oxidation sites excluding steroid dienone is 1. The molecule has 1 saturated carbocycles. The van der Waals surface area contributed by atoms with Gasteiger partial charge in [0.1, 0.15) is 0 Å². The van der Waals surface area contributed by atoms with E-state index in [9.17, 15) is 0 Å². The molecule has 2 heteroatoms. The van der Waals surface area contributed by atoms with Crippen LogP contribution in [0, 0.1) is 0 Å². The van der Waals surface area contributed by atoms with Crippen molar-refractivity contribution in [3.63, 3.8) is 0 Å². The van der Waals surface area contributed by atoms with Crippen LogP contribution in [0.1, 0.15) is 37.7 Å². The third kappa shape index (κ3) is 2.75. The summed E-state index contributed by atoms with van der Waals surface area (Å²) in [5, 5.41) is 0. The van der Waals surface area contributed by atoms with E-state index < -0.39 is 0 Å². The van der Waals surface area contributed by atoms with Crippen LogP contribution in [0.15, 0.2) is 30.3 Å². The number of nitrogen functional groups attached to an aromatic ring is 1. The van der Waals surface area contributed by atoms with Crippen LogP contribution in [-0.4, -0.2) is 24.0 Å². The average molecular weight is 242 g/mol. The van der Waals surface area contributed by atoms with E-state index in [0.29, 0.717) is 0 Å². The van der Waals surface area contributed by atoms with Crippen molar-refractivity contribution in [2.24, 2.45) is 0 Å². The van der Waals surface area contributed by atoms with Crippen LogP contribution < -0.4 is 5.73 Å². The molecule has 1 fully saturated rings. The van der Waals surface area contributed by atoms with E-state index in [1.807, 2.05) is 12.1 Å². The molecule has 1 aromatic rings. The summed E-state index contributed by atoms with van der Waals surface area (Å²) < 4.78 is 0. The van der Waals surface area contributed by atoms with E-state index in [2.05, 4.69) is 23.1 Å². The molecule has 2 nitrogen and oxygen atoms in total. The molecule has 0 bridgehead atoms. The smallest absolute Gasteiger partial charge is 0.0314 e. The van der Waals surface area contributed by atoms with Gasteiger partial charge >= 0.3 is 0 Å². The van der Waals surface area contributed by atoms with Crippen LogP contribution in [0.5, 0.6) is 0 Å². The summed E-state index contributed by atoms with van der Waals surface area (Å²) in [4.78, 5) is 2.68. The molecule has 0 spiro atoms. The Labute approximate surface area is 109 Å². The van der Waals surface area contributed by atoms with Gasteiger partial charge in [-0.3, -0.25) is 0 Å². The minimum Gasteiger partial charge on any atom is -0.399 e. The van der Waals surface area contributed by atoms with Crippen molar-refractivity contribution < 1.29 is 0 Å². The number of benzene rings is 1. The maximum atomic E-state index is 5.74. The third-order valence-corrected chi connectivity index (χ3v) is 4.04. The normalized spacial score (nSPS) is 25.0. The van der Waals surface area contributed by atoms with Gasteiger partial charge < -0.3 is 10.6 Å². The Hall–Kier alpha value is -1.28. The zero-order valence-electron chi connectivity index (χ0n) is 10.9. The van der Waals surface area contributed by atoms with E-state index in [1.165, 1.54) is 56.3 Å². The first-order valence-corrected chi connectivity index (χ1v) is 7.12. The van der Waals surface area contributed by atoms with Gasteiger partial charge in [0.05, 0.1) is 0 Å². The molecule has 0 radical (unpaired) electrons. The van der Waals surface area contributed by atoms with Gasteiger partial charge in [-0.05, 0) is 61.9 Å². The van der Waals surface area contributed by atoms with Crippen molar-refractivity contribution in [2.45, 2.75) is 38.1 Å². The lowest BCUT2D eigenvalue weighted by atomic mass is 9.98. The Morgan fingerprint density at radius 3 is 2.56 bits per heavy atom. The van der Waals surface area contributed by atoms with Crippen molar-refractivity contribution >= 4 is 11.3 Å². The van der Waals surface area contributed by atoms with Crippen LogP contribution >= 0.6 is 0 Å². The molecule has 3 rings (SSSR count). The standard InChI is InChI=1S/C16H22N2/c17-15-7-5-14(6-8-15)13-3-1-11-18(12-2-4-13)16-9-10-16/h3,5-8,16H,1-2,4,9-12,17H2/b13-3-. The molecular weight excluding hydrogens is 220 g/mol. The van der Waals surface area contributed by atoms with Crippen LogP contribution in [0.4, 0.5) is 5.69 Å². The SMILES string of the molecule is Nc1ccc(/C2=C\CCN(C3CC3)CCC2)cc1. The second kappa shape index (κ2) is 5.15. The molecule has 0 atom stereocenters. The molecule has 96 valence electrons. The second-order valence-corrected chi connectivity index (χ2v) is 5.51. The van der Waals surface area contributed by atoms with E-state index in [4.69, 9.17) is 5.73 Å². The average Bonchev–Trinajstić information content (AvgIpc) is 3.15. The molecule has 1 heterocycles. The molecule has 0 aromatic heterocycles. The summed E-state index contributed by atoms with van der Waals surface area (Å²) in [6, 6.07) is 9.23. The fourth-order valence-electron chi connectivity index (χ4n) is 2.86. The highest BCUT2D eigenvalue weighted by Crippen LogP contribution is 2.30. The summed E-state index contributed by atoms with van der Waals surface area (Å²) in [5.41, 5.74) is 9.45. The Morgan fingerprint density at radius 2 is 1.83 bits per heavy atom. The van der Waals surface area contributed by atoms with Gasteiger partial charge in [-0.2, -0.15) is 0 Å². The Morgan fingerprint density at radius 1 is 1.06 bits per heavy atom. The lowest BCUT2D eigenvalue weighted by Gasteiger charge is -2.24. The van der Waals surface area contributed by atoms with Crippen LogP contribution in [0.2, 0.25) is 0 Å². The van der Waals surface area contributed by atoms with Crippen molar-refractivity contribution in [1.29, 1.82) is 0 Å². The summed E-state index contributed by atoms with van der Waals surface area (Å²) in [6.45, 7) is 2.51. The number of hydrogen-bond donors (Lipinski definition) is 1. The van der Waals surface area contributed by atoms with Crippen LogP contribution in [-0.2, 0) is 0 Å². The lowest BCUT2D eigenvalue weighted by molar-refractivity contribution is 0.264. The van der Waals surface area contributed by atoms with Gasteiger partial charge in [0.25, 0.3) is 0 Å². The molecule has 2 aliphatic rings. The molecule has 0 unspecified atom stereocenters. The topological polar surface area (TPSA) is 29.3 Å². The minimum atomic E-state index is 0.852. The fourth-order valence-corrected chi connectivity index (χ4v) is 2.86. The van der Waals surface area contributed by atoms with E-state index in [1.54, 1.807) is 0 Å². The highest BCUT2D eigenvalue weighted by atomic mass is 15.2. The summed E-state index contributed by atoms with van der Waals surface area (Å²) >= 11 is 0. The predicted molar refractivity (Wildman–Crippen MR) is 77.3 cm³/mol. The van der Waals surface area contributed by atoms with Gasteiger partial charge in [0.15, 0.2) is 0 Å². The number of rotatable bonds is 2. The minimum absolute atomic E-state index is 0.852. The first-order valence-electron chi connectivity index (χ1n) is 7.12. The lowest BCUT2D eigenvalue weighted by Crippen LogP contribution is -2.28. The molecule has 18 heavy (non-hydrogen) atoms. The van der Waals surface area contributed by atoms with Crippen molar-refractivity contribution in [1.82, 2.24) is 4.90 Å². The van der Waals surface area contributed by atoms with Crippen LogP contribution in [0.3, 0.4) is 0 Å². The maximum Gasteiger partial charge on any atom is 0.0314 e. The first kappa shape index (κ1) is 11.8. The third-order valence-electron chi connectivity index (χ3n) is 4.04. The highest BCUT2D eigenvalue weighted by molar-refractivity contribution is 5.67. The predicted octanol–water partition coefficient (Wildman–Crippen LogP) is 3.30. The quantitative estimate of drug-likeness (QED) is 0.806. The Balaban J connectivity index is 1.69. The molecular formula is C16H22N2. The zero-order chi connectivity index (χ0) is 12.4. The molecule has 0 amide bonds. The number of nitrogens with zero attached hydrogens (tertiary/aromatic N) is 1. The summed E-state index contributed by atoms with van der Waals surface area (Å²) in [5.74, 6) is 0. The Bertz CT molecular complexity index is 429. The molecule has 1 aromatic carbocycles. The fraction of sp³-hybridized carbons (Fsp3) is 0.500. The van der Waals surface area contributed by atoms with Gasteiger partial charge in [-0.15, -0.1) is 0 Å². The number of hydrogen-bond acceptors (Lipinski definition) is 2. The van der Waals surface area contributed by atoms with E-state index >= 15 is 0 Å². The largest absolute Gasteiger partial charge is 0.399 e. The summed E-state index contributed by atoms with van der Waals surface area (Å²) in [7, 11) is 0. The zero-order valence-corrected chi connectivity index (χ0v) is 10.9. The second-order valence-electron chi connectivity index (χ2n) is 5.51. The molecule has 2 N–H and O–H groups in total. The maximum absolute atomic E-state index is 5.74. The van der Waals surface area contributed by atoms with Crippen molar-refractivity contribution in [3.8, 4) is 0 Å². The van der Waals surface area contributed by atoms with Gasteiger partial charge in [-0.25, -0.2) is 0 Å². The molecule has 1 aliphatic carbocycles. The van der Waals surface area contributed by atoms with Crippen LogP contribution in [0.25, 0.3) is 5.57 Å². The van der Waals surface area contributed by atoms with E-state index in [-0.39, 0.29) is 0 Å². The van der Waals surface area contributed by atoms with Crippen molar-refractivity contribution in [3.05, 3.63) is 35.9 Å². The van der Waals surface area contributed by atoms with Gasteiger partial charge in [0.2, 0.25) is 0 Å². The Kier molecular flexibility index (Phi) is 3.37. The number of nitrogens with two attached hydrogens (primary N) is 1. The molecule has 1 aliphatic heterocycles. The van der Waals surface area contributed by atoms with Gasteiger partial charge in [0, 0.05) is 18.3 Å².